The number of hydrogen-bond donors (Lipinski definition) is 1. The van der Waals surface area contributed by atoms with Gasteiger partial charge in [-0.25, -0.2) is 0 Å². The van der Waals surface area contributed by atoms with Gasteiger partial charge >= 0.3 is 0 Å². The van der Waals surface area contributed by atoms with Gasteiger partial charge in [-0.2, -0.15) is 0 Å². The fraction of sp³-hybridized carbons (Fsp3) is 0.429. The molecule has 0 radical (unpaired) electrons. The van der Waals surface area contributed by atoms with Crippen molar-refractivity contribution >= 4 is 11.8 Å². The Morgan fingerprint density at radius 3 is 2.50 bits per heavy atom. The quantitative estimate of drug-likeness (QED) is 0.826. The zero-order valence-corrected chi connectivity index (χ0v) is 10.6. The average Bonchev–Trinajstić information content (AvgIpc) is 2.69. The van der Waals surface area contributed by atoms with Gasteiger partial charge in [0, 0.05) is 6.42 Å². The number of rotatable bonds is 4. The first kappa shape index (κ1) is 12.6. The zero-order valence-electron chi connectivity index (χ0n) is 10.6. The third-order valence-electron chi connectivity index (χ3n) is 3.33. The summed E-state index contributed by atoms with van der Waals surface area (Å²) in [7, 11) is 0. The van der Waals surface area contributed by atoms with Crippen LogP contribution >= 0.6 is 0 Å². The van der Waals surface area contributed by atoms with E-state index in [2.05, 4.69) is 5.32 Å². The number of carbonyl (C=O) groups is 2. The Hall–Kier alpha value is -1.84. The van der Waals surface area contributed by atoms with Crippen LogP contribution in [0.2, 0.25) is 0 Å². The van der Waals surface area contributed by atoms with Crippen LogP contribution in [0.5, 0.6) is 5.75 Å². The summed E-state index contributed by atoms with van der Waals surface area (Å²) in [6, 6.07) is 7.69. The monoisotopic (exact) mass is 247 g/mol. The molecule has 1 fully saturated rings. The van der Waals surface area contributed by atoms with Gasteiger partial charge in [0.1, 0.15) is 5.75 Å². The second kappa shape index (κ2) is 5.21. The number of ether oxygens (including phenoxy) is 1. The van der Waals surface area contributed by atoms with E-state index in [4.69, 9.17) is 4.74 Å². The van der Waals surface area contributed by atoms with E-state index in [0.29, 0.717) is 6.61 Å². The van der Waals surface area contributed by atoms with Crippen LogP contribution in [0.3, 0.4) is 0 Å². The molecule has 4 nitrogen and oxygen atoms in total. The Bertz CT molecular complexity index is 453. The van der Waals surface area contributed by atoms with E-state index in [1.807, 2.05) is 38.1 Å². The van der Waals surface area contributed by atoms with Crippen molar-refractivity contribution in [1.82, 2.24) is 5.32 Å². The lowest BCUT2D eigenvalue weighted by Crippen LogP contribution is -2.24. The van der Waals surface area contributed by atoms with E-state index in [0.717, 1.165) is 11.3 Å². The molecule has 1 aliphatic rings. The number of imide groups is 1. The minimum absolute atomic E-state index is 0.0344. The van der Waals surface area contributed by atoms with E-state index >= 15 is 0 Å². The zero-order chi connectivity index (χ0) is 13.1. The first-order valence-electron chi connectivity index (χ1n) is 6.18. The normalized spacial score (nSPS) is 20.7. The standard InChI is InChI=1S/C14H17NO3/c1-3-18-11-6-4-10(5-7-11)9(2)12-8-13(16)15-14(12)17/h4-7,9,12H,3,8H2,1-2H3,(H,15,16,17). The Labute approximate surface area is 106 Å². The van der Waals surface area contributed by atoms with E-state index in [-0.39, 0.29) is 30.1 Å². The van der Waals surface area contributed by atoms with Crippen molar-refractivity contribution in [2.45, 2.75) is 26.2 Å². The smallest absolute Gasteiger partial charge is 0.230 e. The van der Waals surface area contributed by atoms with Crippen LogP contribution in [0.4, 0.5) is 0 Å². The van der Waals surface area contributed by atoms with Crippen molar-refractivity contribution in [3.05, 3.63) is 29.8 Å². The van der Waals surface area contributed by atoms with Gasteiger partial charge in [-0.15, -0.1) is 0 Å². The first-order chi connectivity index (χ1) is 8.61. The molecular formula is C14H17NO3. The van der Waals surface area contributed by atoms with Crippen molar-refractivity contribution in [3.8, 4) is 5.75 Å². The lowest BCUT2D eigenvalue weighted by molar-refractivity contribution is -0.126. The Balaban J connectivity index is 2.11. The Morgan fingerprint density at radius 1 is 1.33 bits per heavy atom. The second-order valence-electron chi connectivity index (χ2n) is 4.51. The summed E-state index contributed by atoms with van der Waals surface area (Å²) < 4.78 is 5.37. The average molecular weight is 247 g/mol. The van der Waals surface area contributed by atoms with Crippen molar-refractivity contribution in [3.63, 3.8) is 0 Å². The van der Waals surface area contributed by atoms with Crippen LogP contribution in [-0.2, 0) is 9.59 Å². The molecule has 1 aromatic carbocycles. The van der Waals surface area contributed by atoms with Gasteiger partial charge in [-0.1, -0.05) is 19.1 Å². The third-order valence-corrected chi connectivity index (χ3v) is 3.33. The molecule has 1 aliphatic heterocycles. The largest absolute Gasteiger partial charge is 0.494 e. The lowest BCUT2D eigenvalue weighted by atomic mass is 9.86. The molecular weight excluding hydrogens is 230 g/mol. The van der Waals surface area contributed by atoms with Crippen molar-refractivity contribution in [1.29, 1.82) is 0 Å². The SMILES string of the molecule is CCOc1ccc(C(C)C2CC(=O)NC2=O)cc1. The first-order valence-corrected chi connectivity index (χ1v) is 6.18. The molecule has 2 amide bonds. The summed E-state index contributed by atoms with van der Waals surface area (Å²) in [5, 5.41) is 2.35. The lowest BCUT2D eigenvalue weighted by Gasteiger charge is -2.16. The van der Waals surface area contributed by atoms with E-state index in [9.17, 15) is 9.59 Å². The molecule has 0 aliphatic carbocycles. The molecule has 0 bridgehead atoms. The fourth-order valence-electron chi connectivity index (χ4n) is 2.24. The molecule has 2 unspecified atom stereocenters. The number of carbonyl (C=O) groups excluding carboxylic acids is 2. The maximum absolute atomic E-state index is 11.6. The molecule has 0 aromatic heterocycles. The van der Waals surface area contributed by atoms with Gasteiger partial charge in [0.05, 0.1) is 12.5 Å². The molecule has 1 saturated heterocycles. The molecule has 0 spiro atoms. The van der Waals surface area contributed by atoms with Crippen LogP contribution in [0.25, 0.3) is 0 Å². The highest BCUT2D eigenvalue weighted by atomic mass is 16.5. The van der Waals surface area contributed by atoms with Gasteiger partial charge in [-0.05, 0) is 30.5 Å². The minimum Gasteiger partial charge on any atom is -0.494 e. The van der Waals surface area contributed by atoms with Crippen LogP contribution in [-0.4, -0.2) is 18.4 Å². The summed E-state index contributed by atoms with van der Waals surface area (Å²) in [4.78, 5) is 22.8. The number of nitrogens with one attached hydrogen (secondary N) is 1. The molecule has 2 rings (SSSR count). The molecule has 96 valence electrons. The summed E-state index contributed by atoms with van der Waals surface area (Å²) in [6.07, 6.45) is 0.285. The summed E-state index contributed by atoms with van der Waals surface area (Å²) in [6.45, 7) is 4.54. The number of amides is 2. The Kier molecular flexibility index (Phi) is 3.65. The maximum Gasteiger partial charge on any atom is 0.230 e. The molecule has 4 heteroatoms. The molecule has 2 atom stereocenters. The molecule has 1 heterocycles. The Morgan fingerprint density at radius 2 is 2.00 bits per heavy atom. The third kappa shape index (κ3) is 2.53. The van der Waals surface area contributed by atoms with E-state index in [1.165, 1.54) is 0 Å². The predicted octanol–water partition coefficient (Wildman–Crippen LogP) is 1.85. The van der Waals surface area contributed by atoms with Gasteiger partial charge in [0.25, 0.3) is 0 Å². The molecule has 18 heavy (non-hydrogen) atoms. The topological polar surface area (TPSA) is 55.4 Å². The summed E-state index contributed by atoms with van der Waals surface area (Å²) in [5.74, 6) is 0.257. The predicted molar refractivity (Wildman–Crippen MR) is 67.3 cm³/mol. The highest BCUT2D eigenvalue weighted by Crippen LogP contribution is 2.30. The van der Waals surface area contributed by atoms with Crippen molar-refractivity contribution in [2.24, 2.45) is 5.92 Å². The van der Waals surface area contributed by atoms with E-state index in [1.54, 1.807) is 0 Å². The molecule has 1 aromatic rings. The highest BCUT2D eigenvalue weighted by molar-refractivity contribution is 6.03. The number of hydrogen-bond acceptors (Lipinski definition) is 3. The molecule has 0 saturated carbocycles. The highest BCUT2D eigenvalue weighted by Gasteiger charge is 2.35. The minimum atomic E-state index is -0.254. The van der Waals surface area contributed by atoms with Crippen LogP contribution in [0, 0.1) is 5.92 Å². The van der Waals surface area contributed by atoms with Crippen molar-refractivity contribution < 1.29 is 14.3 Å². The molecule has 1 N–H and O–H groups in total. The van der Waals surface area contributed by atoms with Crippen LogP contribution < -0.4 is 10.1 Å². The second-order valence-corrected chi connectivity index (χ2v) is 4.51. The van der Waals surface area contributed by atoms with Gasteiger partial charge in [0.2, 0.25) is 11.8 Å². The van der Waals surface area contributed by atoms with Crippen LogP contribution in [0.15, 0.2) is 24.3 Å². The summed E-state index contributed by atoms with van der Waals surface area (Å²) in [5.41, 5.74) is 1.05. The number of benzene rings is 1. The summed E-state index contributed by atoms with van der Waals surface area (Å²) >= 11 is 0. The van der Waals surface area contributed by atoms with Gasteiger partial charge in [-0.3, -0.25) is 14.9 Å². The van der Waals surface area contributed by atoms with Crippen LogP contribution in [0.1, 0.15) is 31.7 Å². The van der Waals surface area contributed by atoms with E-state index < -0.39 is 0 Å². The van der Waals surface area contributed by atoms with Gasteiger partial charge in [0.15, 0.2) is 0 Å². The fourth-order valence-corrected chi connectivity index (χ4v) is 2.24. The van der Waals surface area contributed by atoms with Gasteiger partial charge < -0.3 is 4.74 Å². The van der Waals surface area contributed by atoms with Crippen molar-refractivity contribution in [2.75, 3.05) is 6.61 Å². The maximum atomic E-state index is 11.6.